The second kappa shape index (κ2) is 6.76. The molecule has 1 aliphatic rings. The van der Waals surface area contributed by atoms with Crippen molar-refractivity contribution < 1.29 is 9.21 Å². The summed E-state index contributed by atoms with van der Waals surface area (Å²) in [6, 6.07) is 9.48. The van der Waals surface area contributed by atoms with Crippen molar-refractivity contribution in [3.05, 3.63) is 36.1 Å². The fourth-order valence-corrected chi connectivity index (χ4v) is 2.87. The van der Waals surface area contributed by atoms with Gasteiger partial charge in [-0.3, -0.25) is 4.79 Å². The number of carbonyl (C=O) groups excluding carboxylic acids is 1. The van der Waals surface area contributed by atoms with Crippen LogP contribution in [0.2, 0.25) is 0 Å². The van der Waals surface area contributed by atoms with E-state index in [-0.39, 0.29) is 5.91 Å². The molecule has 1 aromatic carbocycles. The smallest absolute Gasteiger partial charge is 0.287 e. The van der Waals surface area contributed by atoms with Crippen LogP contribution in [0.3, 0.4) is 0 Å². The molecule has 2 aromatic rings. The molecule has 1 aromatic heterocycles. The van der Waals surface area contributed by atoms with Gasteiger partial charge in [0.05, 0.1) is 0 Å². The van der Waals surface area contributed by atoms with E-state index in [1.807, 2.05) is 24.3 Å². The van der Waals surface area contributed by atoms with E-state index in [1.54, 1.807) is 6.07 Å². The molecule has 21 heavy (non-hydrogen) atoms. The summed E-state index contributed by atoms with van der Waals surface area (Å²) in [4.78, 5) is 14.5. The van der Waals surface area contributed by atoms with Crippen LogP contribution in [-0.2, 0) is 0 Å². The third kappa shape index (κ3) is 3.64. The highest BCUT2D eigenvalue weighted by Gasteiger charge is 2.12. The maximum Gasteiger partial charge on any atom is 0.287 e. The number of rotatable bonds is 5. The van der Waals surface area contributed by atoms with Crippen LogP contribution in [0.5, 0.6) is 0 Å². The fraction of sp³-hybridized carbons (Fsp3) is 0.471. The molecule has 0 radical (unpaired) electrons. The third-order valence-electron chi connectivity index (χ3n) is 4.03. The van der Waals surface area contributed by atoms with E-state index in [0.717, 1.165) is 23.9 Å². The number of hydrogen-bond donors (Lipinski definition) is 1. The maximum absolute atomic E-state index is 12.0. The van der Waals surface area contributed by atoms with E-state index in [4.69, 9.17) is 4.42 Å². The van der Waals surface area contributed by atoms with E-state index in [1.165, 1.54) is 32.4 Å². The quantitative estimate of drug-likeness (QED) is 0.859. The number of hydrogen-bond acceptors (Lipinski definition) is 3. The molecule has 0 spiro atoms. The number of furan rings is 1. The number of carbonyl (C=O) groups is 1. The van der Waals surface area contributed by atoms with Crippen molar-refractivity contribution in [3.63, 3.8) is 0 Å². The Hall–Kier alpha value is -1.81. The summed E-state index contributed by atoms with van der Waals surface area (Å²) in [5.74, 6) is 0.277. The molecular weight excluding hydrogens is 264 g/mol. The number of amides is 1. The van der Waals surface area contributed by atoms with Crippen LogP contribution in [0.25, 0.3) is 11.0 Å². The molecule has 4 heteroatoms. The lowest BCUT2D eigenvalue weighted by Crippen LogP contribution is -2.33. The van der Waals surface area contributed by atoms with Gasteiger partial charge in [0.25, 0.3) is 5.91 Å². The van der Waals surface area contributed by atoms with Gasteiger partial charge in [-0.2, -0.15) is 0 Å². The number of nitrogens with one attached hydrogen (secondary N) is 1. The van der Waals surface area contributed by atoms with E-state index >= 15 is 0 Å². The minimum absolute atomic E-state index is 0.121. The van der Waals surface area contributed by atoms with Gasteiger partial charge in [0.2, 0.25) is 0 Å². The van der Waals surface area contributed by atoms with Crippen LogP contribution >= 0.6 is 0 Å². The van der Waals surface area contributed by atoms with Crippen molar-refractivity contribution in [3.8, 4) is 0 Å². The van der Waals surface area contributed by atoms with Crippen LogP contribution in [0.1, 0.15) is 36.2 Å². The van der Waals surface area contributed by atoms with Crippen LogP contribution in [0, 0.1) is 0 Å². The van der Waals surface area contributed by atoms with Gasteiger partial charge in [0, 0.05) is 11.9 Å². The maximum atomic E-state index is 12.0. The zero-order valence-corrected chi connectivity index (χ0v) is 12.3. The molecule has 2 heterocycles. The first-order valence-corrected chi connectivity index (χ1v) is 7.82. The van der Waals surface area contributed by atoms with Crippen LogP contribution in [0.15, 0.2) is 34.7 Å². The van der Waals surface area contributed by atoms with Crippen LogP contribution < -0.4 is 5.32 Å². The molecule has 3 rings (SSSR count). The van der Waals surface area contributed by atoms with E-state index in [9.17, 15) is 4.79 Å². The van der Waals surface area contributed by atoms with Crippen LogP contribution in [0.4, 0.5) is 0 Å². The lowest BCUT2D eigenvalue weighted by atomic mass is 10.1. The Bertz CT molecular complexity index is 567. The van der Waals surface area contributed by atoms with Crippen molar-refractivity contribution in [1.29, 1.82) is 0 Å². The summed E-state index contributed by atoms with van der Waals surface area (Å²) in [6.45, 7) is 4.18. The Kier molecular flexibility index (Phi) is 4.55. The Morgan fingerprint density at radius 2 is 2.00 bits per heavy atom. The molecule has 112 valence electrons. The summed E-state index contributed by atoms with van der Waals surface area (Å²) < 4.78 is 5.55. The first-order valence-electron chi connectivity index (χ1n) is 7.82. The Labute approximate surface area is 125 Å². The van der Waals surface area contributed by atoms with Crippen molar-refractivity contribution in [2.75, 3.05) is 26.2 Å². The lowest BCUT2D eigenvalue weighted by molar-refractivity contribution is 0.0925. The molecule has 4 nitrogen and oxygen atoms in total. The molecule has 0 unspecified atom stereocenters. The van der Waals surface area contributed by atoms with Crippen molar-refractivity contribution in [1.82, 2.24) is 10.2 Å². The highest BCUT2D eigenvalue weighted by molar-refractivity contribution is 5.95. The van der Waals surface area contributed by atoms with E-state index < -0.39 is 0 Å². The predicted molar refractivity (Wildman–Crippen MR) is 83.5 cm³/mol. The largest absolute Gasteiger partial charge is 0.451 e. The molecule has 0 atom stereocenters. The highest BCUT2D eigenvalue weighted by atomic mass is 16.3. The minimum Gasteiger partial charge on any atom is -0.451 e. The number of piperidine rings is 1. The van der Waals surface area contributed by atoms with Crippen molar-refractivity contribution in [2.24, 2.45) is 0 Å². The van der Waals surface area contributed by atoms with E-state index in [2.05, 4.69) is 10.2 Å². The number of para-hydroxylation sites is 1. The third-order valence-corrected chi connectivity index (χ3v) is 4.03. The van der Waals surface area contributed by atoms with Gasteiger partial charge >= 0.3 is 0 Å². The second-order valence-corrected chi connectivity index (χ2v) is 5.66. The van der Waals surface area contributed by atoms with Gasteiger partial charge in [0.1, 0.15) is 5.58 Å². The molecule has 1 amide bonds. The summed E-state index contributed by atoms with van der Waals surface area (Å²) in [5, 5.41) is 3.91. The monoisotopic (exact) mass is 286 g/mol. The summed E-state index contributed by atoms with van der Waals surface area (Å²) >= 11 is 0. The number of fused-ring (bicyclic) bond motifs is 1. The molecule has 1 aliphatic heterocycles. The first kappa shape index (κ1) is 14.1. The van der Waals surface area contributed by atoms with Gasteiger partial charge in [-0.05, 0) is 51.0 Å². The summed E-state index contributed by atoms with van der Waals surface area (Å²) in [5.41, 5.74) is 0.760. The number of benzene rings is 1. The average molecular weight is 286 g/mol. The second-order valence-electron chi connectivity index (χ2n) is 5.66. The molecule has 1 saturated heterocycles. The Balaban J connectivity index is 1.45. The molecule has 1 fully saturated rings. The normalized spacial score (nSPS) is 16.2. The standard InChI is InChI=1S/C17H22N2O2/c20-17(16-13-14-7-2-3-8-15(14)21-16)18-9-6-12-19-10-4-1-5-11-19/h2-3,7-8,13H,1,4-6,9-12H2,(H,18,20). The first-order chi connectivity index (χ1) is 10.3. The van der Waals surface area contributed by atoms with E-state index in [0.29, 0.717) is 12.3 Å². The highest BCUT2D eigenvalue weighted by Crippen LogP contribution is 2.18. The molecule has 1 N–H and O–H groups in total. The fourth-order valence-electron chi connectivity index (χ4n) is 2.87. The minimum atomic E-state index is -0.121. The van der Waals surface area contributed by atoms with Crippen LogP contribution in [-0.4, -0.2) is 37.0 Å². The SMILES string of the molecule is O=C(NCCCN1CCCCC1)c1cc2ccccc2o1. The molecule has 0 aliphatic carbocycles. The average Bonchev–Trinajstić information content (AvgIpc) is 2.96. The summed E-state index contributed by atoms with van der Waals surface area (Å²) in [6.07, 6.45) is 4.97. The van der Waals surface area contributed by atoms with Gasteiger partial charge < -0.3 is 14.6 Å². The lowest BCUT2D eigenvalue weighted by Gasteiger charge is -2.26. The topological polar surface area (TPSA) is 45.5 Å². The van der Waals surface area contributed by atoms with Crippen molar-refractivity contribution in [2.45, 2.75) is 25.7 Å². The Morgan fingerprint density at radius 1 is 1.19 bits per heavy atom. The predicted octanol–water partition coefficient (Wildman–Crippen LogP) is 3.04. The zero-order valence-electron chi connectivity index (χ0n) is 12.3. The Morgan fingerprint density at radius 3 is 2.81 bits per heavy atom. The molecule has 0 saturated carbocycles. The van der Waals surface area contributed by atoms with Gasteiger partial charge in [-0.25, -0.2) is 0 Å². The number of likely N-dealkylation sites (tertiary alicyclic amines) is 1. The zero-order chi connectivity index (χ0) is 14.5. The summed E-state index contributed by atoms with van der Waals surface area (Å²) in [7, 11) is 0. The number of nitrogens with zero attached hydrogens (tertiary/aromatic N) is 1. The van der Waals surface area contributed by atoms with Gasteiger partial charge in [0.15, 0.2) is 5.76 Å². The van der Waals surface area contributed by atoms with Gasteiger partial charge in [-0.15, -0.1) is 0 Å². The van der Waals surface area contributed by atoms with Crippen molar-refractivity contribution >= 4 is 16.9 Å². The van der Waals surface area contributed by atoms with Gasteiger partial charge in [-0.1, -0.05) is 24.6 Å². The molecular formula is C17H22N2O2. The molecule has 0 bridgehead atoms.